The molecule has 0 fully saturated rings. The molecule has 0 radical (unpaired) electrons. The van der Waals surface area contributed by atoms with Crippen molar-refractivity contribution in [1.29, 1.82) is 0 Å². The monoisotopic (exact) mass is 585 g/mol. The van der Waals surface area contributed by atoms with Crippen LogP contribution in [-0.2, 0) is 26.0 Å². The minimum atomic E-state index is -4.17. The summed E-state index contributed by atoms with van der Waals surface area (Å²) in [7, 11) is -2.68. The van der Waals surface area contributed by atoms with Crippen molar-refractivity contribution in [2.24, 2.45) is 0 Å². The highest BCUT2D eigenvalue weighted by Crippen LogP contribution is 2.27. The molecular weight excluding hydrogens is 550 g/mol. The summed E-state index contributed by atoms with van der Waals surface area (Å²) in [5, 5.41) is 3.36. The van der Waals surface area contributed by atoms with E-state index in [4.69, 9.17) is 16.3 Å². The first kappa shape index (κ1) is 31.0. The Hall–Kier alpha value is -3.56. The van der Waals surface area contributed by atoms with Crippen LogP contribution in [-0.4, -0.2) is 57.4 Å². The van der Waals surface area contributed by atoms with Crippen LogP contribution in [0.15, 0.2) is 83.8 Å². The van der Waals surface area contributed by atoms with Gasteiger partial charge in [0.25, 0.3) is 10.0 Å². The zero-order valence-electron chi connectivity index (χ0n) is 23.2. The SMILES string of the molecule is CC[C@H](C)NC(=O)[C@H](C)N(CCc1ccccc1)C(=O)CN(c1ccc(Cl)cc1)S(=O)(=O)c1ccc(OC)cc1. The average molecular weight is 586 g/mol. The second-order valence-corrected chi connectivity index (χ2v) is 11.8. The molecule has 0 saturated heterocycles. The summed E-state index contributed by atoms with van der Waals surface area (Å²) >= 11 is 6.06. The van der Waals surface area contributed by atoms with Crippen molar-refractivity contribution in [3.63, 3.8) is 0 Å². The predicted molar refractivity (Wildman–Crippen MR) is 158 cm³/mol. The van der Waals surface area contributed by atoms with E-state index in [9.17, 15) is 18.0 Å². The third kappa shape index (κ3) is 7.99. The molecule has 0 saturated carbocycles. The van der Waals surface area contributed by atoms with Gasteiger partial charge in [0.05, 0.1) is 17.7 Å². The third-order valence-corrected chi connectivity index (χ3v) is 8.73. The van der Waals surface area contributed by atoms with Crippen LogP contribution in [0.5, 0.6) is 5.75 Å². The summed E-state index contributed by atoms with van der Waals surface area (Å²) in [6.45, 7) is 5.23. The smallest absolute Gasteiger partial charge is 0.264 e. The van der Waals surface area contributed by atoms with Gasteiger partial charge in [-0.3, -0.25) is 13.9 Å². The van der Waals surface area contributed by atoms with E-state index in [0.717, 1.165) is 16.3 Å². The number of anilines is 1. The number of hydrogen-bond acceptors (Lipinski definition) is 5. The largest absolute Gasteiger partial charge is 0.497 e. The number of sulfonamides is 1. The van der Waals surface area contributed by atoms with Gasteiger partial charge in [-0.2, -0.15) is 0 Å². The lowest BCUT2D eigenvalue weighted by Gasteiger charge is -2.32. The summed E-state index contributed by atoms with van der Waals surface area (Å²) in [6.07, 6.45) is 1.24. The van der Waals surface area contributed by atoms with Gasteiger partial charge < -0.3 is 15.0 Å². The Balaban J connectivity index is 1.97. The van der Waals surface area contributed by atoms with Gasteiger partial charge in [-0.05, 0) is 80.8 Å². The van der Waals surface area contributed by atoms with E-state index in [1.54, 1.807) is 43.3 Å². The van der Waals surface area contributed by atoms with Crippen LogP contribution in [0.25, 0.3) is 0 Å². The summed E-state index contributed by atoms with van der Waals surface area (Å²) in [5.41, 5.74) is 1.27. The quantitative estimate of drug-likeness (QED) is 0.307. The Morgan fingerprint density at radius 3 is 2.15 bits per heavy atom. The number of halogens is 1. The number of carbonyl (C=O) groups excluding carboxylic acids is 2. The van der Waals surface area contributed by atoms with Gasteiger partial charge in [-0.1, -0.05) is 48.9 Å². The highest BCUT2D eigenvalue weighted by molar-refractivity contribution is 7.92. The standard InChI is InChI=1S/C30H36ClN3O5S/c1-5-22(2)32-30(36)23(3)33(20-19-24-9-7-6-8-10-24)29(35)21-34(26-13-11-25(31)12-14-26)40(37,38)28-17-15-27(39-4)16-18-28/h6-18,22-23H,5,19-21H2,1-4H3,(H,32,36)/t22-,23-/m0/s1. The minimum absolute atomic E-state index is 0.00514. The molecule has 1 N–H and O–H groups in total. The van der Waals surface area contributed by atoms with E-state index in [2.05, 4.69) is 5.32 Å². The van der Waals surface area contributed by atoms with E-state index in [0.29, 0.717) is 17.2 Å². The molecule has 10 heteroatoms. The average Bonchev–Trinajstić information content (AvgIpc) is 2.96. The Kier molecular flexibility index (Phi) is 11.0. The van der Waals surface area contributed by atoms with Crippen molar-refractivity contribution < 1.29 is 22.7 Å². The summed E-state index contributed by atoms with van der Waals surface area (Å²) in [4.78, 5) is 28.4. The lowest BCUT2D eigenvalue weighted by Crippen LogP contribution is -2.53. The zero-order chi connectivity index (χ0) is 29.3. The highest BCUT2D eigenvalue weighted by atomic mass is 35.5. The molecule has 0 heterocycles. The molecule has 0 aliphatic carbocycles. The van der Waals surface area contributed by atoms with E-state index >= 15 is 0 Å². The first-order valence-corrected chi connectivity index (χ1v) is 14.9. The number of nitrogens with zero attached hydrogens (tertiary/aromatic N) is 2. The van der Waals surface area contributed by atoms with Crippen molar-refractivity contribution >= 4 is 39.1 Å². The third-order valence-electron chi connectivity index (χ3n) is 6.69. The second kappa shape index (κ2) is 14.2. The van der Waals surface area contributed by atoms with E-state index in [1.165, 1.54) is 24.1 Å². The number of hydrogen-bond donors (Lipinski definition) is 1. The Bertz CT molecular complexity index is 1370. The molecule has 0 unspecified atom stereocenters. The molecule has 0 aliphatic heterocycles. The predicted octanol–water partition coefficient (Wildman–Crippen LogP) is 4.92. The van der Waals surface area contributed by atoms with Gasteiger partial charge in [-0.25, -0.2) is 8.42 Å². The molecule has 3 rings (SSSR count). The first-order chi connectivity index (χ1) is 19.1. The topological polar surface area (TPSA) is 96.0 Å². The van der Waals surface area contributed by atoms with Crippen LogP contribution in [0, 0.1) is 0 Å². The van der Waals surface area contributed by atoms with Crippen LogP contribution in [0.4, 0.5) is 5.69 Å². The van der Waals surface area contributed by atoms with Crippen LogP contribution >= 0.6 is 11.6 Å². The summed E-state index contributed by atoms with van der Waals surface area (Å²) in [6, 6.07) is 20.9. The highest BCUT2D eigenvalue weighted by Gasteiger charge is 2.32. The molecule has 0 aliphatic rings. The molecule has 3 aromatic carbocycles. The molecule has 3 aromatic rings. The van der Waals surface area contributed by atoms with Crippen molar-refractivity contribution in [2.45, 2.75) is 50.6 Å². The van der Waals surface area contributed by atoms with Gasteiger partial charge in [0.15, 0.2) is 0 Å². The minimum Gasteiger partial charge on any atom is -0.497 e. The number of rotatable bonds is 13. The van der Waals surface area contributed by atoms with E-state index in [1.807, 2.05) is 44.2 Å². The maximum Gasteiger partial charge on any atom is 0.264 e. The lowest BCUT2D eigenvalue weighted by atomic mass is 10.1. The maximum absolute atomic E-state index is 13.9. The van der Waals surface area contributed by atoms with Crippen LogP contribution in [0.2, 0.25) is 5.02 Å². The van der Waals surface area contributed by atoms with Crippen molar-refractivity contribution in [3.8, 4) is 5.75 Å². The molecule has 40 heavy (non-hydrogen) atoms. The van der Waals surface area contributed by atoms with Crippen LogP contribution < -0.4 is 14.4 Å². The molecule has 8 nitrogen and oxygen atoms in total. The molecule has 0 bridgehead atoms. The zero-order valence-corrected chi connectivity index (χ0v) is 24.8. The molecule has 2 atom stereocenters. The van der Waals surface area contributed by atoms with Crippen molar-refractivity contribution in [3.05, 3.63) is 89.4 Å². The Morgan fingerprint density at radius 2 is 1.57 bits per heavy atom. The number of carbonyl (C=O) groups is 2. The molecule has 214 valence electrons. The van der Waals surface area contributed by atoms with E-state index < -0.39 is 28.5 Å². The number of benzene rings is 3. The molecule has 2 amide bonds. The van der Waals surface area contributed by atoms with Gasteiger partial charge in [0, 0.05) is 17.6 Å². The summed E-state index contributed by atoms with van der Waals surface area (Å²) in [5.74, 6) is -0.303. The Morgan fingerprint density at radius 1 is 0.950 bits per heavy atom. The van der Waals surface area contributed by atoms with Gasteiger partial charge >= 0.3 is 0 Å². The number of amides is 2. The van der Waals surface area contributed by atoms with Crippen molar-refractivity contribution in [2.75, 3.05) is 24.5 Å². The van der Waals surface area contributed by atoms with Crippen LogP contribution in [0.1, 0.15) is 32.8 Å². The Labute approximate surface area is 241 Å². The van der Waals surface area contributed by atoms with Gasteiger partial charge in [0.1, 0.15) is 18.3 Å². The first-order valence-electron chi connectivity index (χ1n) is 13.1. The number of ether oxygens (including phenoxy) is 1. The lowest BCUT2D eigenvalue weighted by molar-refractivity contribution is -0.139. The fourth-order valence-corrected chi connectivity index (χ4v) is 5.59. The van der Waals surface area contributed by atoms with Crippen LogP contribution in [0.3, 0.4) is 0 Å². The molecule has 0 spiro atoms. The number of methoxy groups -OCH3 is 1. The fraction of sp³-hybridized carbons (Fsp3) is 0.333. The fourth-order valence-electron chi connectivity index (χ4n) is 4.05. The number of nitrogens with one attached hydrogen (secondary N) is 1. The maximum atomic E-state index is 13.9. The van der Waals surface area contributed by atoms with Gasteiger partial charge in [0.2, 0.25) is 11.8 Å². The summed E-state index contributed by atoms with van der Waals surface area (Å²) < 4.78 is 33.9. The van der Waals surface area contributed by atoms with E-state index in [-0.39, 0.29) is 29.1 Å². The molecular formula is C30H36ClN3O5S. The normalized spacial score (nSPS) is 12.7. The second-order valence-electron chi connectivity index (χ2n) is 9.48. The van der Waals surface area contributed by atoms with Crippen molar-refractivity contribution in [1.82, 2.24) is 10.2 Å². The van der Waals surface area contributed by atoms with Gasteiger partial charge in [-0.15, -0.1) is 0 Å². The molecule has 0 aromatic heterocycles.